The van der Waals surface area contributed by atoms with Crippen molar-refractivity contribution in [2.45, 2.75) is 82.2 Å². The standard InChI is InChI=1S/C15H21F6N/c16-14(17,18)13(15(19,20)21)11-8-4-5-9-12(11)22-10-6-2-1-3-7-10/h10,12,22H,1-9H2. The Hall–Kier alpha value is -0.720. The molecule has 0 aromatic rings. The second-order valence-corrected chi connectivity index (χ2v) is 6.20. The van der Waals surface area contributed by atoms with Crippen LogP contribution >= 0.6 is 0 Å². The first-order valence-electron chi connectivity index (χ1n) is 7.83. The van der Waals surface area contributed by atoms with Crippen LogP contribution in [-0.2, 0) is 0 Å². The van der Waals surface area contributed by atoms with Crippen LogP contribution in [0.25, 0.3) is 0 Å². The van der Waals surface area contributed by atoms with Crippen molar-refractivity contribution in [1.82, 2.24) is 5.32 Å². The highest BCUT2D eigenvalue weighted by Crippen LogP contribution is 2.44. The van der Waals surface area contributed by atoms with E-state index >= 15 is 0 Å². The monoisotopic (exact) mass is 329 g/mol. The van der Waals surface area contributed by atoms with E-state index in [0.717, 1.165) is 32.1 Å². The molecule has 0 saturated heterocycles. The average molecular weight is 329 g/mol. The molecule has 1 nitrogen and oxygen atoms in total. The fourth-order valence-corrected chi connectivity index (χ4v) is 3.57. The predicted octanol–water partition coefficient (Wildman–Crippen LogP) is 5.27. The van der Waals surface area contributed by atoms with Gasteiger partial charge in [0.05, 0.1) is 0 Å². The molecule has 0 radical (unpaired) electrons. The van der Waals surface area contributed by atoms with Gasteiger partial charge in [-0.1, -0.05) is 25.7 Å². The van der Waals surface area contributed by atoms with Gasteiger partial charge in [0, 0.05) is 12.1 Å². The number of halogens is 6. The summed E-state index contributed by atoms with van der Waals surface area (Å²) in [7, 11) is 0. The van der Waals surface area contributed by atoms with Gasteiger partial charge in [-0.15, -0.1) is 0 Å². The fourth-order valence-electron chi connectivity index (χ4n) is 3.57. The van der Waals surface area contributed by atoms with Crippen LogP contribution in [0.4, 0.5) is 26.3 Å². The summed E-state index contributed by atoms with van der Waals surface area (Å²) < 4.78 is 77.7. The average Bonchev–Trinajstić information content (AvgIpc) is 2.39. The van der Waals surface area contributed by atoms with E-state index < -0.39 is 29.5 Å². The van der Waals surface area contributed by atoms with Crippen LogP contribution in [0.5, 0.6) is 0 Å². The number of hydrogen-bond donors (Lipinski definition) is 1. The normalized spacial score (nSPS) is 25.4. The predicted molar refractivity (Wildman–Crippen MR) is 71.4 cm³/mol. The molecule has 7 heteroatoms. The van der Waals surface area contributed by atoms with E-state index in [2.05, 4.69) is 5.32 Å². The number of nitrogens with one attached hydrogen (secondary N) is 1. The Morgan fingerprint density at radius 2 is 1.32 bits per heavy atom. The summed E-state index contributed by atoms with van der Waals surface area (Å²) in [5.74, 6) is 0. The molecule has 1 N–H and O–H groups in total. The Balaban J connectivity index is 2.27. The van der Waals surface area contributed by atoms with E-state index in [9.17, 15) is 26.3 Å². The molecule has 2 rings (SSSR count). The van der Waals surface area contributed by atoms with Gasteiger partial charge in [0.15, 0.2) is 0 Å². The molecule has 0 aliphatic heterocycles. The van der Waals surface area contributed by atoms with Crippen LogP contribution in [0.2, 0.25) is 0 Å². The van der Waals surface area contributed by atoms with Crippen molar-refractivity contribution in [3.05, 3.63) is 11.1 Å². The molecule has 1 unspecified atom stereocenters. The number of hydrogen-bond acceptors (Lipinski definition) is 1. The first-order chi connectivity index (χ1) is 10.2. The molecule has 22 heavy (non-hydrogen) atoms. The van der Waals surface area contributed by atoms with Gasteiger partial charge >= 0.3 is 12.4 Å². The second kappa shape index (κ2) is 6.81. The van der Waals surface area contributed by atoms with Crippen LogP contribution in [0.15, 0.2) is 11.1 Å². The summed E-state index contributed by atoms with van der Waals surface area (Å²) in [4.78, 5) is 0. The maximum absolute atomic E-state index is 12.9. The Labute approximate surface area is 126 Å². The number of allylic oxidation sites excluding steroid dienone is 1. The fraction of sp³-hybridized carbons (Fsp3) is 0.867. The van der Waals surface area contributed by atoms with Gasteiger partial charge in [-0.25, -0.2) is 0 Å². The van der Waals surface area contributed by atoms with E-state index in [0.29, 0.717) is 19.3 Å². The minimum Gasteiger partial charge on any atom is -0.307 e. The van der Waals surface area contributed by atoms with E-state index in [1.807, 2.05) is 0 Å². The lowest BCUT2D eigenvalue weighted by Crippen LogP contribution is -2.44. The zero-order chi connectivity index (χ0) is 16.4. The molecule has 0 spiro atoms. The van der Waals surface area contributed by atoms with E-state index in [1.54, 1.807) is 0 Å². The van der Waals surface area contributed by atoms with Crippen molar-refractivity contribution in [2.75, 3.05) is 0 Å². The Morgan fingerprint density at radius 3 is 1.86 bits per heavy atom. The maximum atomic E-state index is 12.9. The topological polar surface area (TPSA) is 12.0 Å². The van der Waals surface area contributed by atoms with Gasteiger partial charge in [0.25, 0.3) is 0 Å². The Kier molecular flexibility index (Phi) is 5.45. The summed E-state index contributed by atoms with van der Waals surface area (Å²) in [6.45, 7) is 0. The molecule has 0 aromatic heterocycles. The van der Waals surface area contributed by atoms with Crippen LogP contribution in [-0.4, -0.2) is 24.4 Å². The van der Waals surface area contributed by atoms with Gasteiger partial charge in [-0.2, -0.15) is 26.3 Å². The Bertz CT molecular complexity index is 387. The smallest absolute Gasteiger partial charge is 0.307 e. The molecule has 2 fully saturated rings. The van der Waals surface area contributed by atoms with Crippen molar-refractivity contribution in [3.63, 3.8) is 0 Å². The lowest BCUT2D eigenvalue weighted by atomic mass is 9.84. The molecule has 2 saturated carbocycles. The zero-order valence-electron chi connectivity index (χ0n) is 12.3. The van der Waals surface area contributed by atoms with Gasteiger partial charge in [-0.3, -0.25) is 0 Å². The van der Waals surface area contributed by atoms with Crippen molar-refractivity contribution >= 4 is 0 Å². The summed E-state index contributed by atoms with van der Waals surface area (Å²) >= 11 is 0. The summed E-state index contributed by atoms with van der Waals surface area (Å²) in [5, 5.41) is 3.07. The van der Waals surface area contributed by atoms with E-state index in [-0.39, 0.29) is 12.5 Å². The summed E-state index contributed by atoms with van der Waals surface area (Å²) in [5.41, 5.74) is -2.77. The minimum atomic E-state index is -5.35. The van der Waals surface area contributed by atoms with Crippen LogP contribution < -0.4 is 5.32 Å². The second-order valence-electron chi connectivity index (χ2n) is 6.20. The molecular weight excluding hydrogens is 308 g/mol. The SMILES string of the molecule is FC(F)(F)C(=C1CCCCC1NC1CCCCC1)C(F)(F)F. The molecule has 1 atom stereocenters. The van der Waals surface area contributed by atoms with Crippen LogP contribution in [0.3, 0.4) is 0 Å². The Morgan fingerprint density at radius 1 is 0.773 bits per heavy atom. The quantitative estimate of drug-likeness (QED) is 0.537. The highest BCUT2D eigenvalue weighted by atomic mass is 19.4. The summed E-state index contributed by atoms with van der Waals surface area (Å²) in [6, 6.07) is -0.760. The van der Waals surface area contributed by atoms with Gasteiger partial charge in [0.1, 0.15) is 5.57 Å². The molecular formula is C15H21F6N. The minimum absolute atomic E-state index is 0.0366. The molecule has 2 aliphatic carbocycles. The first-order valence-corrected chi connectivity index (χ1v) is 7.83. The van der Waals surface area contributed by atoms with Crippen LogP contribution in [0, 0.1) is 0 Å². The van der Waals surface area contributed by atoms with E-state index in [4.69, 9.17) is 0 Å². The van der Waals surface area contributed by atoms with Crippen molar-refractivity contribution in [2.24, 2.45) is 0 Å². The van der Waals surface area contributed by atoms with E-state index in [1.165, 1.54) is 0 Å². The third-order valence-electron chi connectivity index (χ3n) is 4.54. The third kappa shape index (κ3) is 4.40. The summed E-state index contributed by atoms with van der Waals surface area (Å²) in [6.07, 6.45) is -4.72. The van der Waals surface area contributed by atoms with Crippen LogP contribution in [0.1, 0.15) is 57.8 Å². The maximum Gasteiger partial charge on any atom is 0.421 e. The number of alkyl halides is 6. The van der Waals surface area contributed by atoms with Gasteiger partial charge < -0.3 is 5.32 Å². The first kappa shape index (κ1) is 17.6. The molecule has 2 aliphatic rings. The lowest BCUT2D eigenvalue weighted by molar-refractivity contribution is -0.174. The number of rotatable bonds is 2. The lowest BCUT2D eigenvalue weighted by Gasteiger charge is -2.34. The van der Waals surface area contributed by atoms with Crippen molar-refractivity contribution in [1.29, 1.82) is 0 Å². The van der Waals surface area contributed by atoms with Gasteiger partial charge in [-0.05, 0) is 37.7 Å². The van der Waals surface area contributed by atoms with Crippen molar-refractivity contribution in [3.8, 4) is 0 Å². The molecule has 0 aromatic carbocycles. The highest BCUT2D eigenvalue weighted by Gasteiger charge is 2.53. The zero-order valence-corrected chi connectivity index (χ0v) is 12.3. The molecule has 0 amide bonds. The highest BCUT2D eigenvalue weighted by molar-refractivity contribution is 5.29. The third-order valence-corrected chi connectivity index (χ3v) is 4.54. The largest absolute Gasteiger partial charge is 0.421 e. The van der Waals surface area contributed by atoms with Crippen molar-refractivity contribution < 1.29 is 26.3 Å². The molecule has 0 bridgehead atoms. The van der Waals surface area contributed by atoms with Gasteiger partial charge in [0.2, 0.25) is 0 Å². The molecule has 0 heterocycles. The molecule has 128 valence electrons.